The molecular formula is C26H22N4O3. The molecule has 4 aromatic rings. The number of nitriles is 1. The van der Waals surface area contributed by atoms with E-state index in [1.807, 2.05) is 71.0 Å². The molecular weight excluding hydrogens is 416 g/mol. The molecule has 2 aromatic carbocycles. The van der Waals surface area contributed by atoms with E-state index in [0.717, 1.165) is 27.4 Å². The average Bonchev–Trinajstić information content (AvgIpc) is 3.44. The fourth-order valence-corrected chi connectivity index (χ4v) is 4.63. The molecule has 33 heavy (non-hydrogen) atoms. The van der Waals surface area contributed by atoms with Crippen LogP contribution in [-0.2, 0) is 23.2 Å². The largest absolute Gasteiger partial charge is 0.497 e. The first kappa shape index (κ1) is 20.6. The summed E-state index contributed by atoms with van der Waals surface area (Å²) in [5.41, 5.74) is 4.02. The van der Waals surface area contributed by atoms with Gasteiger partial charge in [0.1, 0.15) is 5.75 Å². The number of unbranched alkanes of at least 4 members (excludes halogenated alkanes) is 1. The normalized spacial score (nSPS) is 13.7. The van der Waals surface area contributed by atoms with Gasteiger partial charge in [0.15, 0.2) is 0 Å². The third kappa shape index (κ3) is 3.28. The van der Waals surface area contributed by atoms with Gasteiger partial charge in [-0.25, -0.2) is 0 Å². The molecule has 0 saturated heterocycles. The first-order valence-electron chi connectivity index (χ1n) is 10.7. The third-order valence-corrected chi connectivity index (χ3v) is 6.14. The van der Waals surface area contributed by atoms with Gasteiger partial charge in [0.2, 0.25) is 0 Å². The Balaban J connectivity index is 1.79. The maximum Gasteiger partial charge on any atom is 0.259 e. The molecule has 0 bridgehead atoms. The standard InChI is InChI=1S/C26H22N4O3/c1-29-14-19(17-7-3-4-8-21(17)29)23-24(26(32)28-25(23)31)20-15-30(12-6-5-11-27)22-10-9-16(33-2)13-18(20)22/h3-4,7-10,13-15H,5-6,12H2,1-2H3,(H,28,31,32). The van der Waals surface area contributed by atoms with Gasteiger partial charge < -0.3 is 13.9 Å². The van der Waals surface area contributed by atoms with Crippen LogP contribution in [0.2, 0.25) is 0 Å². The summed E-state index contributed by atoms with van der Waals surface area (Å²) in [6, 6.07) is 15.7. The van der Waals surface area contributed by atoms with E-state index in [0.29, 0.717) is 41.8 Å². The van der Waals surface area contributed by atoms with Gasteiger partial charge in [-0.05, 0) is 30.7 Å². The van der Waals surface area contributed by atoms with Gasteiger partial charge in [0.25, 0.3) is 11.8 Å². The Kier molecular flexibility index (Phi) is 4.98. The Morgan fingerprint density at radius 2 is 1.70 bits per heavy atom. The molecule has 2 amide bonds. The van der Waals surface area contributed by atoms with Crippen molar-refractivity contribution in [2.45, 2.75) is 19.4 Å². The predicted molar refractivity (Wildman–Crippen MR) is 126 cm³/mol. The predicted octanol–water partition coefficient (Wildman–Crippen LogP) is 4.01. The number of carbonyl (C=O) groups excluding carboxylic acids is 2. The highest BCUT2D eigenvalue weighted by molar-refractivity contribution is 6.50. The Morgan fingerprint density at radius 3 is 2.42 bits per heavy atom. The van der Waals surface area contributed by atoms with Crippen LogP contribution in [-0.4, -0.2) is 28.1 Å². The zero-order valence-corrected chi connectivity index (χ0v) is 18.4. The van der Waals surface area contributed by atoms with Crippen LogP contribution >= 0.6 is 0 Å². The summed E-state index contributed by atoms with van der Waals surface area (Å²) in [6.45, 7) is 0.628. The lowest BCUT2D eigenvalue weighted by molar-refractivity contribution is -0.122. The number of rotatable bonds is 6. The minimum Gasteiger partial charge on any atom is -0.497 e. The van der Waals surface area contributed by atoms with Gasteiger partial charge in [0, 0.05) is 65.3 Å². The smallest absolute Gasteiger partial charge is 0.259 e. The third-order valence-electron chi connectivity index (χ3n) is 6.14. The molecule has 5 rings (SSSR count). The number of hydrogen-bond acceptors (Lipinski definition) is 4. The van der Waals surface area contributed by atoms with Crippen LogP contribution < -0.4 is 10.1 Å². The number of ether oxygens (including phenoxy) is 1. The molecule has 0 saturated carbocycles. The van der Waals surface area contributed by atoms with E-state index < -0.39 is 11.8 Å². The van der Waals surface area contributed by atoms with E-state index in [4.69, 9.17) is 10.00 Å². The number of nitrogens with one attached hydrogen (secondary N) is 1. The van der Waals surface area contributed by atoms with Crippen LogP contribution in [0.25, 0.3) is 33.0 Å². The molecule has 2 aromatic heterocycles. The molecule has 7 heteroatoms. The molecule has 0 aliphatic carbocycles. The van der Waals surface area contributed by atoms with E-state index in [1.165, 1.54) is 0 Å². The molecule has 0 unspecified atom stereocenters. The van der Waals surface area contributed by atoms with E-state index in [2.05, 4.69) is 11.4 Å². The highest BCUT2D eigenvalue weighted by atomic mass is 16.5. The topological polar surface area (TPSA) is 89.0 Å². The van der Waals surface area contributed by atoms with Crippen molar-refractivity contribution in [3.63, 3.8) is 0 Å². The lowest BCUT2D eigenvalue weighted by atomic mass is 9.95. The Bertz CT molecular complexity index is 1510. The second-order valence-electron chi connectivity index (χ2n) is 8.08. The summed E-state index contributed by atoms with van der Waals surface area (Å²) in [5, 5.41) is 13.2. The quantitative estimate of drug-likeness (QED) is 0.364. The molecule has 0 atom stereocenters. The van der Waals surface area contributed by atoms with Crippen LogP contribution in [0.1, 0.15) is 24.0 Å². The van der Waals surface area contributed by atoms with Gasteiger partial charge in [-0.2, -0.15) is 5.26 Å². The highest BCUT2D eigenvalue weighted by Crippen LogP contribution is 2.39. The second kappa shape index (κ2) is 7.99. The fraction of sp³-hybridized carbons (Fsp3) is 0.192. The number of aromatic nitrogens is 2. The molecule has 1 N–H and O–H groups in total. The second-order valence-corrected chi connectivity index (χ2v) is 8.08. The van der Waals surface area contributed by atoms with Crippen molar-refractivity contribution < 1.29 is 14.3 Å². The molecule has 3 heterocycles. The van der Waals surface area contributed by atoms with Gasteiger partial charge in [-0.3, -0.25) is 14.9 Å². The molecule has 0 spiro atoms. The molecule has 1 aliphatic rings. The minimum atomic E-state index is -0.415. The zero-order valence-electron chi connectivity index (χ0n) is 18.4. The first-order valence-corrected chi connectivity index (χ1v) is 10.7. The van der Waals surface area contributed by atoms with Crippen molar-refractivity contribution in [3.8, 4) is 11.8 Å². The summed E-state index contributed by atoms with van der Waals surface area (Å²) in [6.07, 6.45) is 4.92. The van der Waals surface area contributed by atoms with Crippen molar-refractivity contribution in [2.24, 2.45) is 7.05 Å². The zero-order chi connectivity index (χ0) is 23.1. The van der Waals surface area contributed by atoms with Crippen molar-refractivity contribution in [1.82, 2.24) is 14.5 Å². The summed E-state index contributed by atoms with van der Waals surface area (Å²) in [5.74, 6) is -0.156. The average molecular weight is 438 g/mol. The van der Waals surface area contributed by atoms with Gasteiger partial charge >= 0.3 is 0 Å². The number of hydrogen-bond donors (Lipinski definition) is 1. The lowest BCUT2D eigenvalue weighted by Gasteiger charge is -2.05. The molecule has 0 radical (unpaired) electrons. The van der Waals surface area contributed by atoms with Gasteiger partial charge in [0.05, 0.1) is 24.3 Å². The molecule has 1 aliphatic heterocycles. The fourth-order valence-electron chi connectivity index (χ4n) is 4.63. The van der Waals surface area contributed by atoms with E-state index >= 15 is 0 Å². The summed E-state index contributed by atoms with van der Waals surface area (Å²) >= 11 is 0. The van der Waals surface area contributed by atoms with Gasteiger partial charge in [-0.1, -0.05) is 18.2 Å². The van der Waals surface area contributed by atoms with E-state index in [9.17, 15) is 9.59 Å². The van der Waals surface area contributed by atoms with E-state index in [-0.39, 0.29) is 0 Å². The van der Waals surface area contributed by atoms with Crippen LogP contribution in [0.15, 0.2) is 54.9 Å². The molecule has 0 fully saturated rings. The van der Waals surface area contributed by atoms with Crippen LogP contribution in [0.5, 0.6) is 5.75 Å². The number of aryl methyl sites for hydroxylation is 2. The summed E-state index contributed by atoms with van der Waals surface area (Å²) < 4.78 is 9.42. The Hall–Kier alpha value is -4.31. The number of imide groups is 1. The highest BCUT2D eigenvalue weighted by Gasteiger charge is 2.35. The monoisotopic (exact) mass is 438 g/mol. The Morgan fingerprint density at radius 1 is 0.970 bits per heavy atom. The first-order chi connectivity index (χ1) is 16.0. The number of carbonyl (C=O) groups is 2. The van der Waals surface area contributed by atoms with Crippen LogP contribution in [0.3, 0.4) is 0 Å². The number of nitrogens with zero attached hydrogens (tertiary/aromatic N) is 3. The van der Waals surface area contributed by atoms with Crippen molar-refractivity contribution >= 4 is 44.8 Å². The van der Waals surface area contributed by atoms with Crippen molar-refractivity contribution in [3.05, 3.63) is 66.0 Å². The van der Waals surface area contributed by atoms with Crippen molar-refractivity contribution in [1.29, 1.82) is 5.26 Å². The molecule has 7 nitrogen and oxygen atoms in total. The van der Waals surface area contributed by atoms with Crippen molar-refractivity contribution in [2.75, 3.05) is 7.11 Å². The SMILES string of the molecule is COc1ccc2c(c1)c(C1=C(c3cn(C)c4ccccc34)C(=O)NC1=O)cn2CCCC#N. The summed E-state index contributed by atoms with van der Waals surface area (Å²) in [7, 11) is 3.52. The number of amides is 2. The maximum atomic E-state index is 13.1. The van der Waals surface area contributed by atoms with Gasteiger partial charge in [-0.15, -0.1) is 0 Å². The Labute approximate surface area is 190 Å². The van der Waals surface area contributed by atoms with Crippen LogP contribution in [0, 0.1) is 11.3 Å². The maximum absolute atomic E-state index is 13.1. The van der Waals surface area contributed by atoms with E-state index in [1.54, 1.807) is 7.11 Å². The molecule has 164 valence electrons. The van der Waals surface area contributed by atoms with Crippen LogP contribution in [0.4, 0.5) is 0 Å². The number of fused-ring (bicyclic) bond motifs is 2. The lowest BCUT2D eigenvalue weighted by Crippen LogP contribution is -2.22. The minimum absolute atomic E-state index is 0.355. The number of benzene rings is 2. The summed E-state index contributed by atoms with van der Waals surface area (Å²) in [4.78, 5) is 26.1. The number of para-hydroxylation sites is 1. The number of methoxy groups -OCH3 is 1.